The van der Waals surface area contributed by atoms with E-state index in [1.165, 1.54) is 23.7 Å². The van der Waals surface area contributed by atoms with E-state index in [1.54, 1.807) is 4.90 Å². The molecule has 0 aromatic carbocycles. The van der Waals surface area contributed by atoms with Crippen molar-refractivity contribution in [2.45, 2.75) is 39.3 Å². The summed E-state index contributed by atoms with van der Waals surface area (Å²) >= 11 is 1.32. The number of anilines is 2. The first kappa shape index (κ1) is 18.1. The minimum absolute atomic E-state index is 0.0519. The standard InChI is InChI=1S/C16H20N6O3S/c1-16(2,3)25-15(24)22-7-4-9-10(8-22)26-14(20-9)21-13(23)11-12(17)19-6-5-18-11/h5-6H,4,7-8H2,1-3H3,(H2,17,19)(H,20,21,23). The van der Waals surface area contributed by atoms with Gasteiger partial charge in [0.05, 0.1) is 12.2 Å². The molecule has 3 N–H and O–H groups in total. The average Bonchev–Trinajstić information content (AvgIpc) is 2.94. The van der Waals surface area contributed by atoms with Gasteiger partial charge in [-0.05, 0) is 20.8 Å². The van der Waals surface area contributed by atoms with E-state index in [1.807, 2.05) is 20.8 Å². The van der Waals surface area contributed by atoms with Gasteiger partial charge in [0.1, 0.15) is 5.60 Å². The zero-order valence-corrected chi connectivity index (χ0v) is 15.6. The summed E-state index contributed by atoms with van der Waals surface area (Å²) in [7, 11) is 0. The fourth-order valence-corrected chi connectivity index (χ4v) is 3.43. The Labute approximate surface area is 154 Å². The van der Waals surface area contributed by atoms with Gasteiger partial charge in [-0.3, -0.25) is 10.1 Å². The van der Waals surface area contributed by atoms with Crippen LogP contribution in [0.3, 0.4) is 0 Å². The van der Waals surface area contributed by atoms with E-state index in [9.17, 15) is 9.59 Å². The van der Waals surface area contributed by atoms with Crippen molar-refractivity contribution in [2.24, 2.45) is 0 Å². The third-order valence-electron chi connectivity index (χ3n) is 3.55. The first-order chi connectivity index (χ1) is 12.2. The predicted octanol–water partition coefficient (Wildman–Crippen LogP) is 2.06. The van der Waals surface area contributed by atoms with E-state index in [-0.39, 0.29) is 17.6 Å². The molecule has 2 amide bonds. The average molecular weight is 376 g/mol. The van der Waals surface area contributed by atoms with Crippen LogP contribution < -0.4 is 11.1 Å². The van der Waals surface area contributed by atoms with Gasteiger partial charge in [-0.1, -0.05) is 11.3 Å². The fourth-order valence-electron chi connectivity index (χ4n) is 2.41. The lowest BCUT2D eigenvalue weighted by atomic mass is 10.2. The van der Waals surface area contributed by atoms with Crippen molar-refractivity contribution in [1.29, 1.82) is 0 Å². The Balaban J connectivity index is 1.69. The fraction of sp³-hybridized carbons (Fsp3) is 0.438. The second-order valence-electron chi connectivity index (χ2n) is 6.79. The topological polar surface area (TPSA) is 123 Å². The number of carbonyl (C=O) groups is 2. The quantitative estimate of drug-likeness (QED) is 0.822. The van der Waals surface area contributed by atoms with Crippen LogP contribution in [-0.2, 0) is 17.7 Å². The first-order valence-electron chi connectivity index (χ1n) is 8.07. The summed E-state index contributed by atoms with van der Waals surface area (Å²) < 4.78 is 5.41. The summed E-state index contributed by atoms with van der Waals surface area (Å²) in [6.07, 6.45) is 3.07. The number of nitrogens with two attached hydrogens (primary N) is 1. The van der Waals surface area contributed by atoms with Crippen LogP contribution in [0.1, 0.15) is 41.8 Å². The highest BCUT2D eigenvalue weighted by molar-refractivity contribution is 7.15. The molecule has 0 atom stereocenters. The summed E-state index contributed by atoms with van der Waals surface area (Å²) in [4.78, 5) is 39.3. The first-order valence-corrected chi connectivity index (χ1v) is 8.89. The van der Waals surface area contributed by atoms with Crippen LogP contribution in [0.25, 0.3) is 0 Å². The van der Waals surface area contributed by atoms with Crippen molar-refractivity contribution in [3.05, 3.63) is 28.7 Å². The van der Waals surface area contributed by atoms with Crippen LogP contribution in [0.4, 0.5) is 15.7 Å². The Kier molecular flexibility index (Phi) is 4.77. The van der Waals surface area contributed by atoms with Gasteiger partial charge < -0.3 is 15.4 Å². The highest BCUT2D eigenvalue weighted by atomic mass is 32.1. The third-order valence-corrected chi connectivity index (χ3v) is 4.54. The number of carbonyl (C=O) groups excluding carboxylic acids is 2. The van der Waals surface area contributed by atoms with Gasteiger partial charge in [0.2, 0.25) is 0 Å². The van der Waals surface area contributed by atoms with E-state index < -0.39 is 11.5 Å². The molecular weight excluding hydrogens is 356 g/mol. The molecule has 9 nitrogen and oxygen atoms in total. The number of hydrogen-bond acceptors (Lipinski definition) is 8. The number of aromatic nitrogens is 3. The van der Waals surface area contributed by atoms with Gasteiger partial charge in [-0.15, -0.1) is 0 Å². The van der Waals surface area contributed by atoms with E-state index in [4.69, 9.17) is 10.5 Å². The molecule has 0 radical (unpaired) electrons. The van der Waals surface area contributed by atoms with Crippen molar-refractivity contribution in [3.8, 4) is 0 Å². The summed E-state index contributed by atoms with van der Waals surface area (Å²) in [5.41, 5.74) is 6.05. The maximum Gasteiger partial charge on any atom is 0.410 e. The van der Waals surface area contributed by atoms with Crippen molar-refractivity contribution in [3.63, 3.8) is 0 Å². The molecule has 26 heavy (non-hydrogen) atoms. The Morgan fingerprint density at radius 2 is 2.04 bits per heavy atom. The molecule has 3 heterocycles. The van der Waals surface area contributed by atoms with Crippen LogP contribution in [0.2, 0.25) is 0 Å². The minimum atomic E-state index is -0.541. The highest BCUT2D eigenvalue weighted by Gasteiger charge is 2.28. The van der Waals surface area contributed by atoms with Crippen LogP contribution >= 0.6 is 11.3 Å². The van der Waals surface area contributed by atoms with Gasteiger partial charge >= 0.3 is 6.09 Å². The molecule has 0 spiro atoms. The van der Waals surface area contributed by atoms with Crippen molar-refractivity contribution in [1.82, 2.24) is 19.9 Å². The van der Waals surface area contributed by atoms with Gasteiger partial charge in [-0.25, -0.2) is 19.7 Å². The van der Waals surface area contributed by atoms with E-state index in [2.05, 4.69) is 20.3 Å². The predicted molar refractivity (Wildman–Crippen MR) is 96.9 cm³/mol. The van der Waals surface area contributed by atoms with E-state index in [0.717, 1.165) is 10.6 Å². The molecule has 0 fully saturated rings. The molecule has 138 valence electrons. The Morgan fingerprint density at radius 3 is 2.73 bits per heavy atom. The second-order valence-corrected chi connectivity index (χ2v) is 7.87. The second kappa shape index (κ2) is 6.87. The molecule has 0 saturated carbocycles. The summed E-state index contributed by atoms with van der Waals surface area (Å²) in [5.74, 6) is -0.409. The van der Waals surface area contributed by atoms with Gasteiger partial charge in [0.15, 0.2) is 16.6 Å². The maximum atomic E-state index is 12.3. The molecule has 0 unspecified atom stereocenters. The molecule has 10 heteroatoms. The summed E-state index contributed by atoms with van der Waals surface area (Å²) in [6.45, 7) is 6.43. The Hall–Kier alpha value is -2.75. The molecule has 3 rings (SSSR count). The van der Waals surface area contributed by atoms with Crippen LogP contribution in [-0.4, -0.2) is 44.0 Å². The van der Waals surface area contributed by atoms with Crippen molar-refractivity contribution in [2.75, 3.05) is 17.6 Å². The number of ether oxygens (including phenoxy) is 1. The summed E-state index contributed by atoms with van der Waals surface area (Å²) in [5, 5.41) is 3.13. The number of fused-ring (bicyclic) bond motifs is 1. The number of thiazole rings is 1. The van der Waals surface area contributed by atoms with Crippen molar-refractivity contribution >= 4 is 34.3 Å². The molecule has 2 aromatic heterocycles. The normalized spacial score (nSPS) is 13.9. The van der Waals surface area contributed by atoms with Crippen molar-refractivity contribution < 1.29 is 14.3 Å². The third kappa shape index (κ3) is 4.07. The van der Waals surface area contributed by atoms with Gasteiger partial charge in [0, 0.05) is 30.2 Å². The van der Waals surface area contributed by atoms with Crippen LogP contribution in [0.5, 0.6) is 0 Å². The number of hydrogen-bond donors (Lipinski definition) is 2. The summed E-state index contributed by atoms with van der Waals surface area (Å²) in [6, 6.07) is 0. The molecule has 1 aliphatic heterocycles. The largest absolute Gasteiger partial charge is 0.444 e. The molecule has 0 aliphatic carbocycles. The number of nitrogens with zero attached hydrogens (tertiary/aromatic N) is 4. The van der Waals surface area contributed by atoms with Gasteiger partial charge in [-0.2, -0.15) is 0 Å². The highest BCUT2D eigenvalue weighted by Crippen LogP contribution is 2.29. The number of amides is 2. The Bertz CT molecular complexity index is 845. The zero-order valence-electron chi connectivity index (χ0n) is 14.8. The Morgan fingerprint density at radius 1 is 1.31 bits per heavy atom. The monoisotopic (exact) mass is 376 g/mol. The molecule has 0 bridgehead atoms. The van der Waals surface area contributed by atoms with Crippen LogP contribution in [0, 0.1) is 0 Å². The van der Waals surface area contributed by atoms with E-state index in [0.29, 0.717) is 24.6 Å². The maximum absolute atomic E-state index is 12.3. The lowest BCUT2D eigenvalue weighted by molar-refractivity contribution is 0.0225. The number of nitrogens with one attached hydrogen (secondary N) is 1. The van der Waals surface area contributed by atoms with Gasteiger partial charge in [0.25, 0.3) is 5.91 Å². The van der Waals surface area contributed by atoms with E-state index >= 15 is 0 Å². The minimum Gasteiger partial charge on any atom is -0.444 e. The molecular formula is C16H20N6O3S. The lowest BCUT2D eigenvalue weighted by Crippen LogP contribution is -2.39. The number of nitrogen functional groups attached to an aromatic ring is 1. The smallest absolute Gasteiger partial charge is 0.410 e. The molecule has 1 aliphatic rings. The SMILES string of the molecule is CC(C)(C)OC(=O)N1CCc2nc(NC(=O)c3nccnc3N)sc2C1. The molecule has 2 aromatic rings. The lowest BCUT2D eigenvalue weighted by Gasteiger charge is -2.29. The zero-order chi connectivity index (χ0) is 18.9. The van der Waals surface area contributed by atoms with Crippen LogP contribution in [0.15, 0.2) is 12.4 Å². The molecule has 0 saturated heterocycles. The number of rotatable bonds is 2.